The SMILES string of the molecule is CSCCC(NC(=O)c1ccc([N+](=O)[O-])cc1Cl)C(=O)OCc1nc(C)no1. The molecule has 1 amide bonds. The van der Waals surface area contributed by atoms with E-state index in [-0.39, 0.29) is 28.8 Å². The van der Waals surface area contributed by atoms with Gasteiger partial charge in [-0.3, -0.25) is 14.9 Å². The molecule has 1 unspecified atom stereocenters. The number of amides is 1. The van der Waals surface area contributed by atoms with Crippen LogP contribution in [0.2, 0.25) is 5.02 Å². The zero-order valence-corrected chi connectivity index (χ0v) is 16.6. The molecule has 0 radical (unpaired) electrons. The third kappa shape index (κ3) is 5.92. The van der Waals surface area contributed by atoms with Crippen LogP contribution in [0.5, 0.6) is 0 Å². The zero-order chi connectivity index (χ0) is 20.7. The van der Waals surface area contributed by atoms with Gasteiger partial charge in [0.15, 0.2) is 12.4 Å². The van der Waals surface area contributed by atoms with Gasteiger partial charge in [-0.25, -0.2) is 4.79 Å². The highest BCUT2D eigenvalue weighted by atomic mass is 35.5. The molecular formula is C16H17ClN4O6S. The van der Waals surface area contributed by atoms with Gasteiger partial charge in [0.25, 0.3) is 17.5 Å². The quantitative estimate of drug-likeness (QED) is 0.362. The number of hydrogen-bond donors (Lipinski definition) is 1. The maximum absolute atomic E-state index is 12.5. The minimum atomic E-state index is -0.935. The fourth-order valence-electron chi connectivity index (χ4n) is 2.15. The molecule has 0 aliphatic rings. The van der Waals surface area contributed by atoms with Crippen LogP contribution >= 0.6 is 23.4 Å². The second kappa shape index (κ2) is 10.0. The number of carbonyl (C=O) groups is 2. The van der Waals surface area contributed by atoms with E-state index in [4.69, 9.17) is 20.9 Å². The second-order valence-electron chi connectivity index (χ2n) is 5.57. The predicted molar refractivity (Wildman–Crippen MR) is 101 cm³/mol. The summed E-state index contributed by atoms with van der Waals surface area (Å²) in [5.41, 5.74) is -0.225. The van der Waals surface area contributed by atoms with Crippen molar-refractivity contribution in [3.05, 3.63) is 50.6 Å². The summed E-state index contributed by atoms with van der Waals surface area (Å²) in [6.07, 6.45) is 2.18. The smallest absolute Gasteiger partial charge is 0.329 e. The van der Waals surface area contributed by atoms with Crippen LogP contribution in [-0.2, 0) is 16.1 Å². The summed E-state index contributed by atoms with van der Waals surface area (Å²) >= 11 is 7.46. The topological polar surface area (TPSA) is 137 Å². The highest BCUT2D eigenvalue weighted by Gasteiger charge is 2.25. The molecule has 0 bridgehead atoms. The third-order valence-electron chi connectivity index (χ3n) is 3.52. The molecule has 2 aromatic rings. The van der Waals surface area contributed by atoms with Crippen molar-refractivity contribution in [2.75, 3.05) is 12.0 Å². The van der Waals surface area contributed by atoms with Gasteiger partial charge in [0, 0.05) is 12.1 Å². The standard InChI is InChI=1S/C16H17ClN4O6S/c1-9-18-14(27-20-9)8-26-16(23)13(5-6-28-2)19-15(22)11-4-3-10(21(24)25)7-12(11)17/h3-4,7,13H,5-6,8H2,1-2H3,(H,19,22). The molecule has 28 heavy (non-hydrogen) atoms. The number of thioether (sulfide) groups is 1. The molecule has 150 valence electrons. The van der Waals surface area contributed by atoms with E-state index >= 15 is 0 Å². The van der Waals surface area contributed by atoms with Gasteiger partial charge in [0.2, 0.25) is 0 Å². The summed E-state index contributed by atoms with van der Waals surface area (Å²) in [5.74, 6) is -0.175. The van der Waals surface area contributed by atoms with Crippen LogP contribution in [0.25, 0.3) is 0 Å². The van der Waals surface area contributed by atoms with Crippen LogP contribution in [0.15, 0.2) is 22.7 Å². The van der Waals surface area contributed by atoms with E-state index in [9.17, 15) is 19.7 Å². The van der Waals surface area contributed by atoms with E-state index in [1.54, 1.807) is 6.92 Å². The predicted octanol–water partition coefficient (Wildman–Crippen LogP) is 2.53. The monoisotopic (exact) mass is 428 g/mol. The Bertz CT molecular complexity index is 875. The molecule has 2 rings (SSSR count). The fraction of sp³-hybridized carbons (Fsp3) is 0.375. The Kier molecular flexibility index (Phi) is 7.76. The number of halogens is 1. The Labute approximate surface area is 169 Å². The van der Waals surface area contributed by atoms with E-state index in [2.05, 4.69) is 15.5 Å². The minimum absolute atomic E-state index is 0.0155. The van der Waals surface area contributed by atoms with Crippen LogP contribution < -0.4 is 5.32 Å². The summed E-state index contributed by atoms with van der Waals surface area (Å²) in [6.45, 7) is 1.41. The molecule has 1 N–H and O–H groups in total. The Morgan fingerprint density at radius 3 is 2.79 bits per heavy atom. The molecule has 0 spiro atoms. The second-order valence-corrected chi connectivity index (χ2v) is 6.96. The number of aryl methyl sites for hydroxylation is 1. The van der Waals surface area contributed by atoms with Gasteiger partial charge in [-0.05, 0) is 31.4 Å². The lowest BCUT2D eigenvalue weighted by Gasteiger charge is -2.17. The maximum atomic E-state index is 12.5. The van der Waals surface area contributed by atoms with Crippen LogP contribution in [0.1, 0.15) is 28.5 Å². The van der Waals surface area contributed by atoms with Gasteiger partial charge in [-0.2, -0.15) is 16.7 Å². The van der Waals surface area contributed by atoms with Crippen molar-refractivity contribution in [3.8, 4) is 0 Å². The van der Waals surface area contributed by atoms with Gasteiger partial charge in [-0.15, -0.1) is 0 Å². The first kappa shape index (κ1) is 21.6. The number of nitrogens with zero attached hydrogens (tertiary/aromatic N) is 3. The number of ether oxygens (including phenoxy) is 1. The van der Waals surface area contributed by atoms with Crippen LogP contribution in [-0.4, -0.2) is 45.0 Å². The van der Waals surface area contributed by atoms with E-state index in [0.29, 0.717) is 18.0 Å². The average Bonchev–Trinajstić information content (AvgIpc) is 3.08. The number of nitrogens with one attached hydrogen (secondary N) is 1. The summed E-state index contributed by atoms with van der Waals surface area (Å²) in [5, 5.41) is 16.8. The van der Waals surface area contributed by atoms with Crippen molar-refractivity contribution in [2.24, 2.45) is 0 Å². The van der Waals surface area contributed by atoms with Gasteiger partial charge in [-0.1, -0.05) is 16.8 Å². The normalized spacial score (nSPS) is 11.7. The Morgan fingerprint density at radius 2 is 2.21 bits per heavy atom. The number of aromatic nitrogens is 2. The molecule has 0 fully saturated rings. The van der Waals surface area contributed by atoms with E-state index < -0.39 is 22.8 Å². The highest BCUT2D eigenvalue weighted by molar-refractivity contribution is 7.98. The Balaban J connectivity index is 2.06. The van der Waals surface area contributed by atoms with Crippen molar-refractivity contribution in [1.29, 1.82) is 0 Å². The molecule has 1 aromatic carbocycles. The summed E-state index contributed by atoms with van der Waals surface area (Å²) in [4.78, 5) is 38.9. The van der Waals surface area contributed by atoms with Crippen LogP contribution in [0.4, 0.5) is 5.69 Å². The fourth-order valence-corrected chi connectivity index (χ4v) is 2.89. The van der Waals surface area contributed by atoms with Gasteiger partial charge < -0.3 is 14.6 Å². The largest absolute Gasteiger partial charge is 0.454 e. The lowest BCUT2D eigenvalue weighted by atomic mass is 10.1. The minimum Gasteiger partial charge on any atom is -0.454 e. The number of carbonyl (C=O) groups excluding carboxylic acids is 2. The lowest BCUT2D eigenvalue weighted by Crippen LogP contribution is -2.42. The summed E-state index contributed by atoms with van der Waals surface area (Å²) < 4.78 is 10.0. The first-order valence-corrected chi connectivity index (χ1v) is 9.78. The van der Waals surface area contributed by atoms with Crippen molar-refractivity contribution >= 4 is 40.9 Å². The molecule has 1 heterocycles. The first-order valence-electron chi connectivity index (χ1n) is 8.01. The number of rotatable bonds is 9. The molecule has 0 saturated carbocycles. The zero-order valence-electron chi connectivity index (χ0n) is 15.0. The van der Waals surface area contributed by atoms with Gasteiger partial charge in [0.05, 0.1) is 15.5 Å². The first-order chi connectivity index (χ1) is 13.3. The summed E-state index contributed by atoms with van der Waals surface area (Å²) in [7, 11) is 0. The molecule has 1 atom stereocenters. The van der Waals surface area contributed by atoms with Crippen molar-refractivity contribution in [3.63, 3.8) is 0 Å². The Hall–Kier alpha value is -2.66. The van der Waals surface area contributed by atoms with Gasteiger partial charge in [0.1, 0.15) is 6.04 Å². The molecular weight excluding hydrogens is 412 g/mol. The molecule has 0 saturated heterocycles. The van der Waals surface area contributed by atoms with Crippen molar-refractivity contribution in [2.45, 2.75) is 26.0 Å². The molecule has 10 nitrogen and oxygen atoms in total. The highest BCUT2D eigenvalue weighted by Crippen LogP contribution is 2.22. The number of nitro benzene ring substituents is 1. The number of non-ortho nitro benzene ring substituents is 1. The molecule has 12 heteroatoms. The summed E-state index contributed by atoms with van der Waals surface area (Å²) in [6, 6.07) is 2.53. The van der Waals surface area contributed by atoms with Crippen LogP contribution in [0.3, 0.4) is 0 Å². The van der Waals surface area contributed by atoms with Crippen molar-refractivity contribution < 1.29 is 23.8 Å². The Morgan fingerprint density at radius 1 is 1.46 bits per heavy atom. The number of esters is 1. The number of hydrogen-bond acceptors (Lipinski definition) is 9. The molecule has 1 aromatic heterocycles. The third-order valence-corrected chi connectivity index (χ3v) is 4.47. The van der Waals surface area contributed by atoms with Crippen molar-refractivity contribution in [1.82, 2.24) is 15.5 Å². The van der Waals surface area contributed by atoms with Crippen LogP contribution in [0, 0.1) is 17.0 Å². The van der Waals surface area contributed by atoms with Gasteiger partial charge >= 0.3 is 5.97 Å². The van der Waals surface area contributed by atoms with E-state index in [1.165, 1.54) is 17.8 Å². The molecule has 0 aliphatic heterocycles. The number of benzene rings is 1. The lowest BCUT2D eigenvalue weighted by molar-refractivity contribution is -0.384. The molecule has 0 aliphatic carbocycles. The van der Waals surface area contributed by atoms with E-state index in [1.807, 2.05) is 6.26 Å². The number of nitro groups is 1. The average molecular weight is 429 g/mol. The van der Waals surface area contributed by atoms with E-state index in [0.717, 1.165) is 12.1 Å². The maximum Gasteiger partial charge on any atom is 0.329 e.